The van der Waals surface area contributed by atoms with Gasteiger partial charge in [0.05, 0.1) is 13.2 Å². The van der Waals surface area contributed by atoms with Crippen molar-refractivity contribution in [3.63, 3.8) is 0 Å². The standard InChI is InChI=1S/C19H26N4O10/c1-19(2,3)33-18(30)22-31-9-12(25)20-6-4-5-10-7-23(17(29)21-15(10)28)16-14(27)13(26)11(8-24)32-16/h7,11,13-14,16,24,26-27H,6,8-9H2,1-3H3,(H,20,25)(H,22,30)(H,21,28,29). The number of nitrogens with one attached hydrogen (secondary N) is 3. The molecule has 6 N–H and O–H groups in total. The van der Waals surface area contributed by atoms with Crippen LogP contribution in [0, 0.1) is 11.8 Å². The Morgan fingerprint density at radius 3 is 2.58 bits per heavy atom. The number of nitrogens with zero attached hydrogens (tertiary/aromatic N) is 1. The van der Waals surface area contributed by atoms with Gasteiger partial charge in [-0.15, -0.1) is 0 Å². The van der Waals surface area contributed by atoms with Gasteiger partial charge in [-0.05, 0) is 20.8 Å². The van der Waals surface area contributed by atoms with Crippen LogP contribution in [-0.4, -0.2) is 80.5 Å². The first-order chi connectivity index (χ1) is 15.4. The summed E-state index contributed by atoms with van der Waals surface area (Å²) in [5.41, 5.74) is -0.687. The minimum Gasteiger partial charge on any atom is -0.442 e. The van der Waals surface area contributed by atoms with E-state index in [-0.39, 0.29) is 12.1 Å². The summed E-state index contributed by atoms with van der Waals surface area (Å²) in [5, 5.41) is 31.4. The molecule has 1 aromatic rings. The second-order valence-corrected chi connectivity index (χ2v) is 7.91. The molecule has 0 aromatic carbocycles. The summed E-state index contributed by atoms with van der Waals surface area (Å²) in [5.74, 6) is 4.35. The fourth-order valence-corrected chi connectivity index (χ4v) is 2.67. The Labute approximate surface area is 187 Å². The van der Waals surface area contributed by atoms with Crippen LogP contribution in [0.1, 0.15) is 32.6 Å². The fraction of sp³-hybridized carbons (Fsp3) is 0.579. The lowest BCUT2D eigenvalue weighted by molar-refractivity contribution is -0.127. The van der Waals surface area contributed by atoms with Crippen LogP contribution in [-0.2, 0) is 19.1 Å². The Morgan fingerprint density at radius 1 is 1.27 bits per heavy atom. The molecule has 0 radical (unpaired) electrons. The molecule has 2 heterocycles. The van der Waals surface area contributed by atoms with Crippen molar-refractivity contribution in [3.05, 3.63) is 32.6 Å². The Bertz CT molecular complexity index is 1030. The van der Waals surface area contributed by atoms with Crippen LogP contribution in [0.3, 0.4) is 0 Å². The van der Waals surface area contributed by atoms with E-state index >= 15 is 0 Å². The molecule has 33 heavy (non-hydrogen) atoms. The molecule has 1 aliphatic heterocycles. The van der Waals surface area contributed by atoms with Crippen molar-refractivity contribution in [1.82, 2.24) is 20.3 Å². The van der Waals surface area contributed by atoms with Crippen molar-refractivity contribution in [2.45, 2.75) is 50.9 Å². The van der Waals surface area contributed by atoms with Gasteiger partial charge in [0.1, 0.15) is 29.5 Å². The quantitative estimate of drug-likeness (QED) is 0.185. The number of aromatic amines is 1. The monoisotopic (exact) mass is 470 g/mol. The zero-order valence-electron chi connectivity index (χ0n) is 18.2. The SMILES string of the molecule is CC(C)(C)OC(=O)NOCC(=O)NCC#Cc1cn(C2OC(CO)C(O)C2O)c(=O)[nH]c1=O. The molecule has 1 aromatic heterocycles. The number of aliphatic hydroxyl groups is 3. The molecule has 4 atom stereocenters. The highest BCUT2D eigenvalue weighted by Gasteiger charge is 2.43. The third-order valence-corrected chi connectivity index (χ3v) is 4.11. The molecule has 2 amide bonds. The Morgan fingerprint density at radius 2 is 1.97 bits per heavy atom. The van der Waals surface area contributed by atoms with E-state index in [4.69, 9.17) is 19.4 Å². The van der Waals surface area contributed by atoms with Crippen molar-refractivity contribution < 1.29 is 39.2 Å². The van der Waals surface area contributed by atoms with E-state index in [1.54, 1.807) is 20.8 Å². The van der Waals surface area contributed by atoms with E-state index in [1.807, 2.05) is 10.5 Å². The highest BCUT2D eigenvalue weighted by atomic mass is 16.7. The van der Waals surface area contributed by atoms with Gasteiger partial charge in [-0.2, -0.15) is 5.48 Å². The van der Waals surface area contributed by atoms with Gasteiger partial charge in [0.15, 0.2) is 12.8 Å². The van der Waals surface area contributed by atoms with Crippen molar-refractivity contribution in [2.24, 2.45) is 0 Å². The van der Waals surface area contributed by atoms with Crippen molar-refractivity contribution in [2.75, 3.05) is 19.8 Å². The molecular formula is C19H26N4O10. The summed E-state index contributed by atoms with van der Waals surface area (Å²) in [6.45, 7) is 3.68. The molecule has 2 rings (SSSR count). The summed E-state index contributed by atoms with van der Waals surface area (Å²) in [7, 11) is 0. The van der Waals surface area contributed by atoms with Gasteiger partial charge in [0, 0.05) is 6.20 Å². The first-order valence-electron chi connectivity index (χ1n) is 9.77. The lowest BCUT2D eigenvalue weighted by Crippen LogP contribution is -2.38. The molecule has 14 nitrogen and oxygen atoms in total. The second kappa shape index (κ2) is 11.1. The third-order valence-electron chi connectivity index (χ3n) is 4.11. The molecular weight excluding hydrogens is 444 g/mol. The lowest BCUT2D eigenvalue weighted by atomic mass is 10.1. The van der Waals surface area contributed by atoms with E-state index < -0.39 is 66.6 Å². The number of amides is 2. The molecule has 0 spiro atoms. The predicted octanol–water partition coefficient (Wildman–Crippen LogP) is -2.93. The van der Waals surface area contributed by atoms with Gasteiger partial charge >= 0.3 is 11.8 Å². The van der Waals surface area contributed by atoms with Crippen LogP contribution in [0.5, 0.6) is 0 Å². The minimum atomic E-state index is -1.53. The second-order valence-electron chi connectivity index (χ2n) is 7.91. The maximum absolute atomic E-state index is 12.1. The molecule has 14 heteroatoms. The molecule has 1 fully saturated rings. The number of aromatic nitrogens is 2. The van der Waals surface area contributed by atoms with Crippen LogP contribution in [0.15, 0.2) is 15.8 Å². The molecule has 4 unspecified atom stereocenters. The number of hydrogen-bond donors (Lipinski definition) is 6. The molecule has 1 saturated heterocycles. The number of hydroxylamine groups is 1. The first-order valence-corrected chi connectivity index (χ1v) is 9.77. The Balaban J connectivity index is 1.93. The van der Waals surface area contributed by atoms with Gasteiger partial charge in [-0.25, -0.2) is 9.59 Å². The van der Waals surface area contributed by atoms with Crippen molar-refractivity contribution in [1.29, 1.82) is 0 Å². The first kappa shape index (κ1) is 26.0. The van der Waals surface area contributed by atoms with Crippen LogP contribution in [0.4, 0.5) is 4.79 Å². The van der Waals surface area contributed by atoms with E-state index in [0.29, 0.717) is 0 Å². The van der Waals surface area contributed by atoms with E-state index in [1.165, 1.54) is 0 Å². The zero-order chi connectivity index (χ0) is 24.8. The van der Waals surface area contributed by atoms with Gasteiger partial charge in [0.2, 0.25) is 5.91 Å². The highest BCUT2D eigenvalue weighted by molar-refractivity contribution is 5.77. The van der Waals surface area contributed by atoms with Gasteiger partial charge in [-0.3, -0.25) is 24.0 Å². The number of hydrogen-bond acceptors (Lipinski definition) is 10. The Hall–Kier alpha value is -3.22. The largest absolute Gasteiger partial charge is 0.442 e. The van der Waals surface area contributed by atoms with Gasteiger partial charge in [-0.1, -0.05) is 11.8 Å². The van der Waals surface area contributed by atoms with Crippen molar-refractivity contribution >= 4 is 12.0 Å². The summed E-state index contributed by atoms with van der Waals surface area (Å²) in [4.78, 5) is 53.9. The number of ether oxygens (including phenoxy) is 2. The molecule has 0 saturated carbocycles. The van der Waals surface area contributed by atoms with Crippen molar-refractivity contribution in [3.8, 4) is 11.8 Å². The van der Waals surface area contributed by atoms with Gasteiger partial charge < -0.3 is 30.1 Å². The predicted molar refractivity (Wildman–Crippen MR) is 110 cm³/mol. The average Bonchev–Trinajstić information content (AvgIpc) is 2.99. The van der Waals surface area contributed by atoms with Gasteiger partial charge in [0.25, 0.3) is 5.56 Å². The Kier molecular flexibility index (Phi) is 8.74. The van der Waals surface area contributed by atoms with Crippen LogP contribution in [0.2, 0.25) is 0 Å². The number of carbonyl (C=O) groups is 2. The molecule has 182 valence electrons. The van der Waals surface area contributed by atoms with Crippen LogP contribution in [0.25, 0.3) is 0 Å². The summed E-state index contributed by atoms with van der Waals surface area (Å²) >= 11 is 0. The topological polar surface area (TPSA) is 201 Å². The summed E-state index contributed by atoms with van der Waals surface area (Å²) in [6.07, 6.45) is -5.25. The average molecular weight is 470 g/mol. The number of aliphatic hydroxyl groups excluding tert-OH is 3. The molecule has 1 aliphatic rings. The molecule has 0 bridgehead atoms. The third kappa shape index (κ3) is 7.41. The maximum Gasteiger partial charge on any atom is 0.431 e. The lowest BCUT2D eigenvalue weighted by Gasteiger charge is -2.19. The van der Waals surface area contributed by atoms with E-state index in [0.717, 1.165) is 10.8 Å². The van der Waals surface area contributed by atoms with Crippen LogP contribution < -0.4 is 22.0 Å². The highest BCUT2D eigenvalue weighted by Crippen LogP contribution is 2.27. The number of carbonyl (C=O) groups excluding carboxylic acids is 2. The summed E-state index contributed by atoms with van der Waals surface area (Å²) < 4.78 is 11.0. The van der Waals surface area contributed by atoms with E-state index in [9.17, 15) is 29.4 Å². The van der Waals surface area contributed by atoms with E-state index in [2.05, 4.69) is 17.2 Å². The molecule has 0 aliphatic carbocycles. The fourth-order valence-electron chi connectivity index (χ4n) is 2.67. The minimum absolute atomic E-state index is 0.176. The normalized spacial score (nSPS) is 22.2. The maximum atomic E-state index is 12.1. The van der Waals surface area contributed by atoms with Crippen LogP contribution >= 0.6 is 0 Å². The number of rotatable bonds is 6. The number of H-pyrrole nitrogens is 1. The zero-order valence-corrected chi connectivity index (χ0v) is 18.2. The smallest absolute Gasteiger partial charge is 0.431 e. The summed E-state index contributed by atoms with van der Waals surface area (Å²) in [6, 6.07) is 0.